The van der Waals surface area contributed by atoms with E-state index in [1.165, 1.54) is 11.4 Å². The number of carboxylic acid groups (broad SMARTS) is 1. The van der Waals surface area contributed by atoms with Crippen molar-refractivity contribution in [1.29, 1.82) is 0 Å². The minimum absolute atomic E-state index is 0.0138. The molecule has 7 heteroatoms. The Morgan fingerprint density at radius 3 is 2.79 bits per heavy atom. The maximum atomic E-state index is 12.0. The lowest BCUT2D eigenvalue weighted by atomic mass is 10.1. The van der Waals surface area contributed by atoms with E-state index in [1.54, 1.807) is 0 Å². The van der Waals surface area contributed by atoms with Crippen LogP contribution in [-0.2, 0) is 10.0 Å². The monoisotopic (exact) mass is 303 g/mol. The van der Waals surface area contributed by atoms with E-state index in [-0.39, 0.29) is 9.77 Å². The third-order valence-electron chi connectivity index (χ3n) is 3.45. The lowest BCUT2D eigenvalue weighted by Gasteiger charge is -2.10. The van der Waals surface area contributed by atoms with Gasteiger partial charge in [-0.15, -0.1) is 11.3 Å². The molecule has 2 atom stereocenters. The molecule has 2 N–H and O–H groups in total. The molecule has 1 aliphatic carbocycles. The number of sulfonamides is 1. The second-order valence-electron chi connectivity index (χ2n) is 5.10. The first-order valence-electron chi connectivity index (χ1n) is 6.20. The lowest BCUT2D eigenvalue weighted by molar-refractivity contribution is 0.0697. The molecular weight excluding hydrogens is 286 g/mol. The van der Waals surface area contributed by atoms with Gasteiger partial charge < -0.3 is 5.11 Å². The first kappa shape index (κ1) is 14.5. The van der Waals surface area contributed by atoms with E-state index in [2.05, 4.69) is 11.6 Å². The average molecular weight is 303 g/mol. The molecule has 0 spiro atoms. The highest BCUT2D eigenvalue weighted by molar-refractivity contribution is 7.91. The van der Waals surface area contributed by atoms with Gasteiger partial charge in [-0.3, -0.25) is 0 Å². The molecule has 2 rings (SSSR count). The molecule has 0 radical (unpaired) electrons. The molecule has 1 saturated carbocycles. The summed E-state index contributed by atoms with van der Waals surface area (Å²) in [5.41, 5.74) is 0.0138. The van der Waals surface area contributed by atoms with Gasteiger partial charge >= 0.3 is 5.97 Å². The number of nitrogens with one attached hydrogen (secondary N) is 1. The Balaban J connectivity index is 1.99. The lowest BCUT2D eigenvalue weighted by Crippen LogP contribution is -2.28. The highest BCUT2D eigenvalue weighted by Gasteiger charge is 2.24. The van der Waals surface area contributed by atoms with Gasteiger partial charge in [0.15, 0.2) is 0 Å². The van der Waals surface area contributed by atoms with E-state index in [0.717, 1.165) is 30.6 Å². The van der Waals surface area contributed by atoms with E-state index in [1.807, 2.05) is 0 Å². The number of hydrogen-bond acceptors (Lipinski definition) is 4. The molecule has 1 fully saturated rings. The van der Waals surface area contributed by atoms with Crippen molar-refractivity contribution in [3.05, 3.63) is 17.0 Å². The SMILES string of the molecule is CC1CCC(CNS(=O)(=O)c2cc(C(=O)O)cs2)C1. The molecule has 106 valence electrons. The van der Waals surface area contributed by atoms with Crippen molar-refractivity contribution in [2.75, 3.05) is 6.54 Å². The largest absolute Gasteiger partial charge is 0.478 e. The van der Waals surface area contributed by atoms with Crippen molar-refractivity contribution >= 4 is 27.3 Å². The second-order valence-corrected chi connectivity index (χ2v) is 8.00. The van der Waals surface area contributed by atoms with Crippen molar-refractivity contribution in [2.24, 2.45) is 11.8 Å². The quantitative estimate of drug-likeness (QED) is 0.873. The fraction of sp³-hybridized carbons (Fsp3) is 0.583. The van der Waals surface area contributed by atoms with Crippen LogP contribution in [0.1, 0.15) is 36.5 Å². The van der Waals surface area contributed by atoms with Crippen molar-refractivity contribution in [3.63, 3.8) is 0 Å². The molecule has 0 saturated heterocycles. The van der Waals surface area contributed by atoms with Gasteiger partial charge in [0.05, 0.1) is 5.56 Å². The minimum atomic E-state index is -3.57. The molecule has 1 heterocycles. The molecule has 0 amide bonds. The fourth-order valence-electron chi connectivity index (χ4n) is 2.38. The summed E-state index contributed by atoms with van der Waals surface area (Å²) in [5, 5.41) is 10.1. The summed E-state index contributed by atoms with van der Waals surface area (Å²) >= 11 is 0.937. The van der Waals surface area contributed by atoms with Crippen LogP contribution in [0.4, 0.5) is 0 Å². The Bertz CT molecular complexity index is 564. The number of rotatable bonds is 5. The van der Waals surface area contributed by atoms with E-state index in [9.17, 15) is 13.2 Å². The first-order valence-corrected chi connectivity index (χ1v) is 8.56. The summed E-state index contributed by atoms with van der Waals surface area (Å²) in [6.45, 7) is 2.61. The van der Waals surface area contributed by atoms with Gasteiger partial charge in [0.25, 0.3) is 0 Å². The van der Waals surface area contributed by atoms with Gasteiger partial charge in [-0.2, -0.15) is 0 Å². The summed E-state index contributed by atoms with van der Waals surface area (Å²) < 4.78 is 26.7. The number of aromatic carboxylic acids is 1. The molecule has 1 aliphatic rings. The first-order chi connectivity index (χ1) is 8.88. The Hall–Kier alpha value is -0.920. The molecule has 1 aromatic heterocycles. The zero-order chi connectivity index (χ0) is 14.0. The zero-order valence-electron chi connectivity index (χ0n) is 10.6. The Labute approximate surface area is 116 Å². The molecule has 0 aromatic carbocycles. The predicted molar refractivity (Wildman–Crippen MR) is 73.0 cm³/mol. The van der Waals surface area contributed by atoms with E-state index in [0.29, 0.717) is 18.4 Å². The second kappa shape index (κ2) is 5.60. The highest BCUT2D eigenvalue weighted by Crippen LogP contribution is 2.30. The van der Waals surface area contributed by atoms with Crippen LogP contribution in [-0.4, -0.2) is 26.0 Å². The summed E-state index contributed by atoms with van der Waals surface area (Å²) in [7, 11) is -3.57. The number of thiophene rings is 1. The van der Waals surface area contributed by atoms with E-state index in [4.69, 9.17) is 5.11 Å². The van der Waals surface area contributed by atoms with Gasteiger partial charge in [-0.25, -0.2) is 17.9 Å². The molecule has 19 heavy (non-hydrogen) atoms. The Morgan fingerprint density at radius 2 is 2.26 bits per heavy atom. The minimum Gasteiger partial charge on any atom is -0.478 e. The van der Waals surface area contributed by atoms with Crippen molar-refractivity contribution in [2.45, 2.75) is 30.4 Å². The number of hydrogen-bond donors (Lipinski definition) is 2. The summed E-state index contributed by atoms with van der Waals surface area (Å²) in [6, 6.07) is 1.20. The van der Waals surface area contributed by atoms with Gasteiger partial charge in [-0.05, 0) is 30.7 Å². The van der Waals surface area contributed by atoms with Crippen LogP contribution in [0.2, 0.25) is 0 Å². The number of carboxylic acids is 1. The van der Waals surface area contributed by atoms with Gasteiger partial charge in [0.1, 0.15) is 4.21 Å². The summed E-state index contributed by atoms with van der Waals surface area (Å²) in [5.74, 6) is -0.0548. The normalized spacial score (nSPS) is 23.6. The topological polar surface area (TPSA) is 83.5 Å². The van der Waals surface area contributed by atoms with Gasteiger partial charge in [-0.1, -0.05) is 13.3 Å². The van der Waals surface area contributed by atoms with Crippen LogP contribution >= 0.6 is 11.3 Å². The molecule has 0 aliphatic heterocycles. The summed E-state index contributed by atoms with van der Waals surface area (Å²) in [6.07, 6.45) is 3.25. The third kappa shape index (κ3) is 3.55. The Morgan fingerprint density at radius 1 is 1.53 bits per heavy atom. The van der Waals surface area contributed by atoms with Crippen LogP contribution in [0.3, 0.4) is 0 Å². The van der Waals surface area contributed by atoms with Crippen LogP contribution < -0.4 is 4.72 Å². The molecule has 5 nitrogen and oxygen atoms in total. The summed E-state index contributed by atoms with van der Waals surface area (Å²) in [4.78, 5) is 10.7. The predicted octanol–water partition coefficient (Wildman–Crippen LogP) is 2.16. The fourth-order valence-corrected chi connectivity index (χ4v) is 4.69. The molecule has 2 unspecified atom stereocenters. The number of carbonyl (C=O) groups is 1. The smallest absolute Gasteiger partial charge is 0.336 e. The Kier molecular flexibility index (Phi) is 4.27. The van der Waals surface area contributed by atoms with Gasteiger partial charge in [0.2, 0.25) is 10.0 Å². The van der Waals surface area contributed by atoms with Crippen molar-refractivity contribution in [1.82, 2.24) is 4.72 Å². The standard InChI is InChI=1S/C12H17NO4S2/c1-8-2-3-9(4-8)6-13-19(16,17)11-5-10(7-18-11)12(14)15/h5,7-9,13H,2-4,6H2,1H3,(H,14,15). The highest BCUT2D eigenvalue weighted by atomic mass is 32.2. The molecular formula is C12H17NO4S2. The van der Waals surface area contributed by atoms with Gasteiger partial charge in [0, 0.05) is 11.9 Å². The maximum Gasteiger partial charge on any atom is 0.336 e. The average Bonchev–Trinajstić information content (AvgIpc) is 2.95. The van der Waals surface area contributed by atoms with Crippen molar-refractivity contribution in [3.8, 4) is 0 Å². The molecule has 0 bridgehead atoms. The third-order valence-corrected chi connectivity index (χ3v) is 6.32. The maximum absolute atomic E-state index is 12.0. The molecule has 1 aromatic rings. The van der Waals surface area contributed by atoms with E-state index >= 15 is 0 Å². The van der Waals surface area contributed by atoms with Crippen molar-refractivity contribution < 1.29 is 18.3 Å². The van der Waals surface area contributed by atoms with Crippen LogP contribution in [0.15, 0.2) is 15.7 Å². The van der Waals surface area contributed by atoms with Crippen LogP contribution in [0.25, 0.3) is 0 Å². The van der Waals surface area contributed by atoms with Crippen LogP contribution in [0.5, 0.6) is 0 Å². The van der Waals surface area contributed by atoms with Crippen LogP contribution in [0, 0.1) is 11.8 Å². The van der Waals surface area contributed by atoms with E-state index < -0.39 is 16.0 Å². The zero-order valence-corrected chi connectivity index (χ0v) is 12.3.